The van der Waals surface area contributed by atoms with Crippen LogP contribution < -0.4 is 5.32 Å². The van der Waals surface area contributed by atoms with Crippen molar-refractivity contribution >= 4 is 23.3 Å². The lowest BCUT2D eigenvalue weighted by molar-refractivity contribution is -0.122. The van der Waals surface area contributed by atoms with Crippen LogP contribution in [0.4, 0.5) is 4.39 Å². The Labute approximate surface area is 178 Å². The number of fused-ring (bicyclic) bond motifs is 1. The van der Waals surface area contributed by atoms with E-state index < -0.39 is 0 Å². The van der Waals surface area contributed by atoms with Crippen molar-refractivity contribution in [1.29, 1.82) is 0 Å². The molecule has 0 radical (unpaired) electrons. The highest BCUT2D eigenvalue weighted by Gasteiger charge is 2.11. The number of hydrogen-bond acceptors (Lipinski definition) is 4. The Balaban J connectivity index is 0.000000858. The number of amides is 1. The van der Waals surface area contributed by atoms with Gasteiger partial charge in [-0.05, 0) is 61.4 Å². The Kier molecular flexibility index (Phi) is 6.71. The van der Waals surface area contributed by atoms with Gasteiger partial charge in [0.15, 0.2) is 5.82 Å². The molecule has 2 aromatic carbocycles. The summed E-state index contributed by atoms with van der Waals surface area (Å²) in [4.78, 5) is 32.8. The zero-order chi connectivity index (χ0) is 22.4. The lowest BCUT2D eigenvalue weighted by atomic mass is 10.1. The number of rotatable bonds is 4. The number of aromatic nitrogens is 3. The molecule has 1 amide bonds. The molecule has 3 N–H and O–H groups in total. The largest absolute Gasteiger partial charge is 0.483 e. The second-order valence-corrected chi connectivity index (χ2v) is 6.89. The van der Waals surface area contributed by atoms with Crippen LogP contribution in [0.1, 0.15) is 27.3 Å². The highest BCUT2D eigenvalue weighted by molar-refractivity contribution is 5.92. The molecule has 0 aliphatic heterocycles. The van der Waals surface area contributed by atoms with E-state index in [-0.39, 0.29) is 23.9 Å². The van der Waals surface area contributed by atoms with E-state index in [1.807, 2.05) is 25.1 Å². The number of carboxylic acid groups (broad SMARTS) is 1. The van der Waals surface area contributed by atoms with Gasteiger partial charge in [-0.2, -0.15) is 0 Å². The SMILES string of the molecule is Cc1cc2cc(-c3nccc(C(=O)NCc4ccc(F)c(C)c4)n3)ccc2[nH]1.O=CO. The fraction of sp³-hybridized carbons (Fsp3) is 0.130. The van der Waals surface area contributed by atoms with E-state index in [4.69, 9.17) is 9.90 Å². The van der Waals surface area contributed by atoms with Gasteiger partial charge in [0.2, 0.25) is 0 Å². The van der Waals surface area contributed by atoms with Gasteiger partial charge in [0.05, 0.1) is 0 Å². The van der Waals surface area contributed by atoms with Crippen LogP contribution in [0.15, 0.2) is 54.7 Å². The van der Waals surface area contributed by atoms with E-state index in [9.17, 15) is 9.18 Å². The van der Waals surface area contributed by atoms with Crippen LogP contribution in [-0.4, -0.2) is 32.4 Å². The Morgan fingerprint density at radius 3 is 2.68 bits per heavy atom. The summed E-state index contributed by atoms with van der Waals surface area (Å²) in [7, 11) is 0. The van der Waals surface area contributed by atoms with Gasteiger partial charge in [-0.3, -0.25) is 9.59 Å². The van der Waals surface area contributed by atoms with Crippen LogP contribution in [0.2, 0.25) is 0 Å². The summed E-state index contributed by atoms with van der Waals surface area (Å²) in [6.07, 6.45) is 1.58. The summed E-state index contributed by atoms with van der Waals surface area (Å²) in [5.41, 5.74) is 4.63. The number of carbonyl (C=O) groups excluding carboxylic acids is 1. The van der Waals surface area contributed by atoms with Crippen molar-refractivity contribution in [3.05, 3.63) is 83.1 Å². The predicted octanol–water partition coefficient (Wildman–Crippen LogP) is 4.01. The molecule has 158 valence electrons. The van der Waals surface area contributed by atoms with Crippen molar-refractivity contribution in [3.63, 3.8) is 0 Å². The molecule has 7 nitrogen and oxygen atoms in total. The summed E-state index contributed by atoms with van der Waals surface area (Å²) in [5.74, 6) is -0.0691. The number of aryl methyl sites for hydroxylation is 2. The fourth-order valence-electron chi connectivity index (χ4n) is 3.13. The molecule has 0 aliphatic rings. The van der Waals surface area contributed by atoms with E-state index in [0.717, 1.165) is 27.7 Å². The number of nitrogens with one attached hydrogen (secondary N) is 2. The van der Waals surface area contributed by atoms with Crippen LogP contribution in [-0.2, 0) is 11.3 Å². The fourth-order valence-corrected chi connectivity index (χ4v) is 3.13. The average molecular weight is 420 g/mol. The van der Waals surface area contributed by atoms with Crippen LogP contribution in [0.25, 0.3) is 22.3 Å². The molecular weight excluding hydrogens is 399 g/mol. The molecule has 0 bridgehead atoms. The van der Waals surface area contributed by atoms with Crippen molar-refractivity contribution in [2.75, 3.05) is 0 Å². The molecular formula is C23H21FN4O3. The maximum atomic E-state index is 13.4. The van der Waals surface area contributed by atoms with Crippen LogP contribution >= 0.6 is 0 Å². The molecule has 0 fully saturated rings. The molecule has 2 heterocycles. The summed E-state index contributed by atoms with van der Waals surface area (Å²) < 4.78 is 13.4. The summed E-state index contributed by atoms with van der Waals surface area (Å²) in [6.45, 7) is 3.75. The third-order valence-electron chi connectivity index (χ3n) is 4.58. The lowest BCUT2D eigenvalue weighted by Gasteiger charge is -2.07. The molecule has 4 aromatic rings. The maximum Gasteiger partial charge on any atom is 0.290 e. The first-order valence-corrected chi connectivity index (χ1v) is 9.45. The smallest absolute Gasteiger partial charge is 0.290 e. The number of carbonyl (C=O) groups is 2. The summed E-state index contributed by atoms with van der Waals surface area (Å²) >= 11 is 0. The number of halogens is 1. The third-order valence-corrected chi connectivity index (χ3v) is 4.58. The summed E-state index contributed by atoms with van der Waals surface area (Å²) in [6, 6.07) is 14.3. The molecule has 8 heteroatoms. The zero-order valence-electron chi connectivity index (χ0n) is 17.0. The first-order chi connectivity index (χ1) is 14.9. The normalized spacial score (nSPS) is 10.3. The van der Waals surface area contributed by atoms with Gasteiger partial charge in [0, 0.05) is 34.9 Å². The average Bonchev–Trinajstić information content (AvgIpc) is 3.14. The maximum absolute atomic E-state index is 13.4. The molecule has 2 aromatic heterocycles. The molecule has 0 saturated carbocycles. The molecule has 0 unspecified atom stereocenters. The number of aromatic amines is 1. The second kappa shape index (κ2) is 9.62. The van der Waals surface area contributed by atoms with Gasteiger partial charge < -0.3 is 15.4 Å². The van der Waals surface area contributed by atoms with Gasteiger partial charge in [-0.15, -0.1) is 0 Å². The monoisotopic (exact) mass is 420 g/mol. The molecule has 31 heavy (non-hydrogen) atoms. The molecule has 0 aliphatic carbocycles. The van der Waals surface area contributed by atoms with Gasteiger partial charge in [-0.25, -0.2) is 14.4 Å². The van der Waals surface area contributed by atoms with E-state index in [2.05, 4.69) is 26.3 Å². The Hall–Kier alpha value is -4.07. The Morgan fingerprint density at radius 1 is 1.16 bits per heavy atom. The Bertz CT molecular complexity index is 1240. The summed E-state index contributed by atoms with van der Waals surface area (Å²) in [5, 5.41) is 10.8. The Morgan fingerprint density at radius 2 is 1.94 bits per heavy atom. The first kappa shape index (κ1) is 21.6. The van der Waals surface area contributed by atoms with Gasteiger partial charge in [0.25, 0.3) is 12.4 Å². The third kappa shape index (κ3) is 5.30. The first-order valence-electron chi connectivity index (χ1n) is 9.45. The number of H-pyrrole nitrogens is 1. The minimum atomic E-state index is -0.302. The van der Waals surface area contributed by atoms with E-state index in [1.54, 1.807) is 31.3 Å². The van der Waals surface area contributed by atoms with E-state index in [0.29, 0.717) is 17.9 Å². The second-order valence-electron chi connectivity index (χ2n) is 6.89. The van der Waals surface area contributed by atoms with Gasteiger partial charge in [-0.1, -0.05) is 12.1 Å². The van der Waals surface area contributed by atoms with Gasteiger partial charge >= 0.3 is 0 Å². The quantitative estimate of drug-likeness (QED) is 0.432. The highest BCUT2D eigenvalue weighted by atomic mass is 19.1. The van der Waals surface area contributed by atoms with Crippen molar-refractivity contribution in [2.24, 2.45) is 0 Å². The predicted molar refractivity (Wildman–Crippen MR) is 115 cm³/mol. The molecule has 4 rings (SSSR count). The molecule has 0 saturated heterocycles. The van der Waals surface area contributed by atoms with E-state index >= 15 is 0 Å². The zero-order valence-corrected chi connectivity index (χ0v) is 17.0. The minimum Gasteiger partial charge on any atom is -0.483 e. The molecule has 0 spiro atoms. The lowest BCUT2D eigenvalue weighted by Crippen LogP contribution is -2.24. The van der Waals surface area contributed by atoms with Crippen molar-refractivity contribution in [3.8, 4) is 11.4 Å². The standard InChI is InChI=1S/C22H19FN4O.CH2O2/c1-13-9-15(3-5-18(13)23)12-25-22(28)20-7-8-24-21(27-20)16-4-6-19-17(11-16)10-14(2)26-19;2-1-3/h3-11,26H,12H2,1-2H3,(H,25,28);1H,(H,2,3). The topological polar surface area (TPSA) is 108 Å². The van der Waals surface area contributed by atoms with Crippen molar-refractivity contribution < 1.29 is 19.1 Å². The van der Waals surface area contributed by atoms with Crippen LogP contribution in [0.5, 0.6) is 0 Å². The van der Waals surface area contributed by atoms with Gasteiger partial charge in [0.1, 0.15) is 11.5 Å². The minimum absolute atomic E-state index is 0.250. The van der Waals surface area contributed by atoms with Crippen molar-refractivity contribution in [2.45, 2.75) is 20.4 Å². The number of benzene rings is 2. The van der Waals surface area contributed by atoms with Crippen LogP contribution in [0, 0.1) is 19.7 Å². The van der Waals surface area contributed by atoms with Crippen LogP contribution in [0.3, 0.4) is 0 Å². The number of hydrogen-bond donors (Lipinski definition) is 3. The van der Waals surface area contributed by atoms with Crippen molar-refractivity contribution in [1.82, 2.24) is 20.3 Å². The molecule has 0 atom stereocenters. The van der Waals surface area contributed by atoms with E-state index in [1.165, 1.54) is 6.07 Å². The number of nitrogens with zero attached hydrogens (tertiary/aromatic N) is 2. The highest BCUT2D eigenvalue weighted by Crippen LogP contribution is 2.22.